The standard InChI is InChI=1S/C17H13Cl2N3O2/c1-10(17(24)21-14-8-11(18)6-7-13(14)19)22-15-5-3-2-4-12(15)16(23)9-20-22/h2-10H,1H3,(H,21,24)/t10-/m1/s1. The molecule has 3 aromatic rings. The van der Waals surface area contributed by atoms with Crippen LogP contribution in [0.15, 0.2) is 53.5 Å². The molecule has 0 fully saturated rings. The van der Waals surface area contributed by atoms with Gasteiger partial charge in [0, 0.05) is 10.4 Å². The molecule has 0 unspecified atom stereocenters. The number of nitrogens with zero attached hydrogens (tertiary/aromatic N) is 2. The predicted octanol–water partition coefficient (Wildman–Crippen LogP) is 3.90. The van der Waals surface area contributed by atoms with Crippen LogP contribution in [-0.2, 0) is 4.79 Å². The highest BCUT2D eigenvalue weighted by molar-refractivity contribution is 6.35. The van der Waals surface area contributed by atoms with Crippen molar-refractivity contribution < 1.29 is 4.79 Å². The van der Waals surface area contributed by atoms with Crippen LogP contribution in [0.4, 0.5) is 5.69 Å². The summed E-state index contributed by atoms with van der Waals surface area (Å²) in [6.45, 7) is 1.69. The molecule has 1 amide bonds. The van der Waals surface area contributed by atoms with Crippen LogP contribution < -0.4 is 10.7 Å². The number of anilines is 1. The third kappa shape index (κ3) is 3.13. The van der Waals surface area contributed by atoms with Crippen molar-refractivity contribution in [3.8, 4) is 0 Å². The highest BCUT2D eigenvalue weighted by Crippen LogP contribution is 2.26. The molecule has 0 aliphatic carbocycles. The number of benzene rings is 2. The Morgan fingerprint density at radius 3 is 2.75 bits per heavy atom. The highest BCUT2D eigenvalue weighted by Gasteiger charge is 2.19. The van der Waals surface area contributed by atoms with Gasteiger partial charge in [-0.15, -0.1) is 0 Å². The van der Waals surface area contributed by atoms with Gasteiger partial charge >= 0.3 is 0 Å². The third-order valence-corrected chi connectivity index (χ3v) is 4.21. The van der Waals surface area contributed by atoms with Crippen LogP contribution in [0.2, 0.25) is 10.0 Å². The van der Waals surface area contributed by atoms with Crippen molar-refractivity contribution in [1.29, 1.82) is 0 Å². The predicted molar refractivity (Wildman–Crippen MR) is 95.8 cm³/mol. The van der Waals surface area contributed by atoms with E-state index in [1.54, 1.807) is 49.4 Å². The maximum absolute atomic E-state index is 12.6. The van der Waals surface area contributed by atoms with Gasteiger partial charge in [-0.2, -0.15) is 5.10 Å². The van der Waals surface area contributed by atoms with Gasteiger partial charge in [0.2, 0.25) is 11.3 Å². The second-order valence-electron chi connectivity index (χ2n) is 5.26. The number of carbonyl (C=O) groups is 1. The van der Waals surface area contributed by atoms with Gasteiger partial charge in [0.05, 0.1) is 22.4 Å². The first-order chi connectivity index (χ1) is 11.5. The third-order valence-electron chi connectivity index (χ3n) is 3.65. The molecule has 0 aliphatic heterocycles. The number of carbonyl (C=O) groups excluding carboxylic acids is 1. The molecule has 3 rings (SSSR count). The largest absolute Gasteiger partial charge is 0.323 e. The minimum atomic E-state index is -0.648. The summed E-state index contributed by atoms with van der Waals surface area (Å²) in [5.74, 6) is -0.319. The van der Waals surface area contributed by atoms with Crippen molar-refractivity contribution in [2.24, 2.45) is 0 Å². The van der Waals surface area contributed by atoms with Gasteiger partial charge < -0.3 is 5.32 Å². The van der Waals surface area contributed by atoms with E-state index in [1.807, 2.05) is 0 Å². The highest BCUT2D eigenvalue weighted by atomic mass is 35.5. The van der Waals surface area contributed by atoms with Gasteiger partial charge in [-0.25, -0.2) is 0 Å². The van der Waals surface area contributed by atoms with E-state index in [1.165, 1.54) is 10.9 Å². The van der Waals surface area contributed by atoms with Gasteiger partial charge in [-0.05, 0) is 37.3 Å². The minimum Gasteiger partial charge on any atom is -0.323 e. The number of halogens is 2. The van der Waals surface area contributed by atoms with E-state index in [9.17, 15) is 9.59 Å². The fraction of sp³-hybridized carbons (Fsp3) is 0.118. The normalized spacial score (nSPS) is 12.1. The summed E-state index contributed by atoms with van der Waals surface area (Å²) in [5.41, 5.74) is 0.823. The molecule has 122 valence electrons. The zero-order valence-electron chi connectivity index (χ0n) is 12.7. The van der Waals surface area contributed by atoms with Crippen LogP contribution in [-0.4, -0.2) is 15.7 Å². The van der Waals surface area contributed by atoms with Crippen molar-refractivity contribution in [1.82, 2.24) is 9.78 Å². The molecule has 0 bridgehead atoms. The molecule has 7 heteroatoms. The Labute approximate surface area is 147 Å². The van der Waals surface area contributed by atoms with Crippen LogP contribution in [0.1, 0.15) is 13.0 Å². The maximum atomic E-state index is 12.6. The fourth-order valence-electron chi connectivity index (χ4n) is 2.38. The second-order valence-corrected chi connectivity index (χ2v) is 6.10. The van der Waals surface area contributed by atoms with E-state index < -0.39 is 6.04 Å². The van der Waals surface area contributed by atoms with Gasteiger partial charge in [-0.1, -0.05) is 35.3 Å². The molecular weight excluding hydrogens is 349 g/mol. The van der Waals surface area contributed by atoms with Crippen molar-refractivity contribution in [3.63, 3.8) is 0 Å². The fourth-order valence-corrected chi connectivity index (χ4v) is 2.72. The molecule has 5 nitrogen and oxygen atoms in total. The van der Waals surface area contributed by atoms with Crippen molar-refractivity contribution in [2.75, 3.05) is 5.32 Å². The number of para-hydroxylation sites is 1. The van der Waals surface area contributed by atoms with E-state index in [2.05, 4.69) is 10.4 Å². The topological polar surface area (TPSA) is 64.0 Å². The SMILES string of the molecule is C[C@H](C(=O)Nc1cc(Cl)ccc1Cl)n1ncc(=O)c2ccccc21. The van der Waals surface area contributed by atoms with Crippen LogP contribution in [0, 0.1) is 0 Å². The summed E-state index contributed by atoms with van der Waals surface area (Å²) in [7, 11) is 0. The van der Waals surface area contributed by atoms with E-state index in [0.29, 0.717) is 26.6 Å². The molecule has 1 aromatic heterocycles. The number of hydrogen-bond donors (Lipinski definition) is 1. The van der Waals surface area contributed by atoms with E-state index in [-0.39, 0.29) is 11.3 Å². The molecule has 1 heterocycles. The average molecular weight is 362 g/mol. The summed E-state index contributed by atoms with van der Waals surface area (Å²) in [6.07, 6.45) is 1.21. The zero-order chi connectivity index (χ0) is 17.3. The minimum absolute atomic E-state index is 0.188. The number of nitrogens with one attached hydrogen (secondary N) is 1. The van der Waals surface area contributed by atoms with Gasteiger partial charge in [0.1, 0.15) is 6.04 Å². The van der Waals surface area contributed by atoms with Crippen molar-refractivity contribution >= 4 is 45.7 Å². The lowest BCUT2D eigenvalue weighted by Gasteiger charge is -2.17. The van der Waals surface area contributed by atoms with Crippen LogP contribution >= 0.6 is 23.2 Å². The first-order valence-electron chi connectivity index (χ1n) is 7.20. The van der Waals surface area contributed by atoms with E-state index in [0.717, 1.165) is 0 Å². The number of rotatable bonds is 3. The average Bonchev–Trinajstić information content (AvgIpc) is 2.58. The molecular formula is C17H13Cl2N3O2. The lowest BCUT2D eigenvalue weighted by Crippen LogP contribution is -2.27. The summed E-state index contributed by atoms with van der Waals surface area (Å²) >= 11 is 12.0. The first-order valence-corrected chi connectivity index (χ1v) is 7.95. The van der Waals surface area contributed by atoms with Crippen LogP contribution in [0.5, 0.6) is 0 Å². The summed E-state index contributed by atoms with van der Waals surface area (Å²) in [4.78, 5) is 24.4. The lowest BCUT2D eigenvalue weighted by molar-refractivity contribution is -0.119. The van der Waals surface area contributed by atoms with Crippen molar-refractivity contribution in [3.05, 3.63) is 68.9 Å². The quantitative estimate of drug-likeness (QED) is 0.769. The molecule has 0 saturated carbocycles. The first kappa shape index (κ1) is 16.5. The molecule has 0 spiro atoms. The Kier molecular flexibility index (Phi) is 4.55. The maximum Gasteiger partial charge on any atom is 0.249 e. The molecule has 0 radical (unpaired) electrons. The Morgan fingerprint density at radius 1 is 1.21 bits per heavy atom. The van der Waals surface area contributed by atoms with Crippen LogP contribution in [0.25, 0.3) is 10.9 Å². The van der Waals surface area contributed by atoms with Gasteiger partial charge in [0.25, 0.3) is 0 Å². The number of aromatic nitrogens is 2. The summed E-state index contributed by atoms with van der Waals surface area (Å²) in [6, 6.07) is 11.2. The Hall–Kier alpha value is -2.37. The van der Waals surface area contributed by atoms with Crippen molar-refractivity contribution in [2.45, 2.75) is 13.0 Å². The number of amides is 1. The molecule has 0 saturated heterocycles. The Balaban J connectivity index is 1.96. The Morgan fingerprint density at radius 2 is 1.96 bits per heavy atom. The van der Waals surface area contributed by atoms with Crippen LogP contribution in [0.3, 0.4) is 0 Å². The summed E-state index contributed by atoms with van der Waals surface area (Å²) in [5, 5.41) is 8.19. The molecule has 2 aromatic carbocycles. The second kappa shape index (κ2) is 6.63. The zero-order valence-corrected chi connectivity index (χ0v) is 14.2. The Bertz CT molecular complexity index is 985. The van der Waals surface area contributed by atoms with Gasteiger partial charge in [0.15, 0.2) is 0 Å². The van der Waals surface area contributed by atoms with Gasteiger partial charge in [-0.3, -0.25) is 14.3 Å². The summed E-state index contributed by atoms with van der Waals surface area (Å²) < 4.78 is 1.50. The van der Waals surface area contributed by atoms with E-state index in [4.69, 9.17) is 23.2 Å². The lowest BCUT2D eigenvalue weighted by atomic mass is 10.2. The number of hydrogen-bond acceptors (Lipinski definition) is 3. The van der Waals surface area contributed by atoms with E-state index >= 15 is 0 Å². The molecule has 1 N–H and O–H groups in total. The monoisotopic (exact) mass is 361 g/mol. The molecule has 1 atom stereocenters. The number of fused-ring (bicyclic) bond motifs is 1. The molecule has 0 aliphatic rings. The smallest absolute Gasteiger partial charge is 0.249 e. The molecule has 24 heavy (non-hydrogen) atoms.